The molecule has 1 aromatic carbocycles. The van der Waals surface area contributed by atoms with Crippen molar-refractivity contribution in [2.75, 3.05) is 6.61 Å². The van der Waals surface area contributed by atoms with Gasteiger partial charge in [0.25, 0.3) is 0 Å². The molecule has 0 radical (unpaired) electrons. The Balaban J connectivity index is 2.51. The summed E-state index contributed by atoms with van der Waals surface area (Å²) in [7, 11) is 0. The first kappa shape index (κ1) is 17.4. The molecule has 0 aliphatic rings. The number of carbonyl (C=O) groups is 3. The first-order valence-electron chi connectivity index (χ1n) is 6.98. The Labute approximate surface area is 129 Å². The van der Waals surface area contributed by atoms with Gasteiger partial charge in [-0.05, 0) is 18.9 Å². The summed E-state index contributed by atoms with van der Waals surface area (Å²) < 4.78 is 4.71. The molecule has 0 saturated heterocycles. The van der Waals surface area contributed by atoms with Crippen LogP contribution in [-0.2, 0) is 25.5 Å². The minimum atomic E-state index is -0.859. The lowest BCUT2D eigenvalue weighted by Gasteiger charge is -2.13. The van der Waals surface area contributed by atoms with Crippen LogP contribution >= 0.6 is 0 Å². The monoisotopic (exact) mass is 304 g/mol. The lowest BCUT2D eigenvalue weighted by atomic mass is 10.1. The molecule has 6 nitrogen and oxygen atoms in total. The minimum absolute atomic E-state index is 0.134. The third kappa shape index (κ3) is 6.69. The second-order valence-electron chi connectivity index (χ2n) is 4.57. The van der Waals surface area contributed by atoms with Gasteiger partial charge < -0.3 is 15.8 Å². The number of esters is 1. The number of nitrogens with one attached hydrogen (secondary N) is 1. The van der Waals surface area contributed by atoms with Crippen LogP contribution in [0.5, 0.6) is 0 Å². The predicted octanol–water partition coefficient (Wildman–Crippen LogP) is 0.709. The zero-order valence-electron chi connectivity index (χ0n) is 12.5. The van der Waals surface area contributed by atoms with Gasteiger partial charge in [0.1, 0.15) is 6.04 Å². The van der Waals surface area contributed by atoms with Crippen molar-refractivity contribution in [1.29, 1.82) is 0 Å². The average Bonchev–Trinajstić information content (AvgIpc) is 2.47. The lowest BCUT2D eigenvalue weighted by Crippen LogP contribution is -2.44. The van der Waals surface area contributed by atoms with Gasteiger partial charge in [-0.15, -0.1) is 0 Å². The van der Waals surface area contributed by atoms with Crippen LogP contribution < -0.4 is 11.1 Å². The summed E-state index contributed by atoms with van der Waals surface area (Å²) in [5.74, 6) is -1.46. The molecule has 0 heterocycles. The molecule has 0 unspecified atom stereocenters. The molecule has 1 rings (SSSR count). The largest absolute Gasteiger partial charge is 0.463 e. The van der Waals surface area contributed by atoms with Crippen molar-refractivity contribution in [3.05, 3.63) is 48.0 Å². The van der Waals surface area contributed by atoms with Crippen molar-refractivity contribution in [3.63, 3.8) is 0 Å². The van der Waals surface area contributed by atoms with Crippen LogP contribution in [0.2, 0.25) is 0 Å². The number of hydrogen-bond acceptors (Lipinski definition) is 4. The smallest absolute Gasteiger partial charge is 0.330 e. The van der Waals surface area contributed by atoms with E-state index < -0.39 is 17.9 Å². The van der Waals surface area contributed by atoms with Crippen molar-refractivity contribution in [2.24, 2.45) is 5.73 Å². The van der Waals surface area contributed by atoms with Gasteiger partial charge in [-0.2, -0.15) is 0 Å². The molecule has 0 bridgehead atoms. The number of carbonyl (C=O) groups excluding carboxylic acids is 3. The second-order valence-corrected chi connectivity index (χ2v) is 4.57. The Bertz CT molecular complexity index is 540. The highest BCUT2D eigenvalue weighted by atomic mass is 16.5. The van der Waals surface area contributed by atoms with Crippen LogP contribution in [0.1, 0.15) is 18.9 Å². The van der Waals surface area contributed by atoms with Gasteiger partial charge >= 0.3 is 5.97 Å². The maximum atomic E-state index is 11.9. The number of amides is 2. The summed E-state index contributed by atoms with van der Waals surface area (Å²) in [5, 5.41) is 2.55. The SMILES string of the molecule is CCOC(=O)/C=C/C[C@@H](NC(=O)Cc1ccccc1)C(N)=O. The minimum Gasteiger partial charge on any atom is -0.463 e. The van der Waals surface area contributed by atoms with E-state index in [0.717, 1.165) is 5.56 Å². The highest BCUT2D eigenvalue weighted by Gasteiger charge is 2.16. The van der Waals surface area contributed by atoms with Crippen LogP contribution in [0.4, 0.5) is 0 Å². The number of benzene rings is 1. The molecule has 3 N–H and O–H groups in total. The zero-order valence-corrected chi connectivity index (χ0v) is 12.5. The molecular weight excluding hydrogens is 284 g/mol. The summed E-state index contributed by atoms with van der Waals surface area (Å²) in [6.45, 7) is 1.97. The van der Waals surface area contributed by atoms with Gasteiger partial charge in [0.2, 0.25) is 11.8 Å². The molecule has 0 aliphatic heterocycles. The fourth-order valence-corrected chi connectivity index (χ4v) is 1.76. The van der Waals surface area contributed by atoms with E-state index in [1.54, 1.807) is 6.92 Å². The van der Waals surface area contributed by atoms with Gasteiger partial charge in [0.15, 0.2) is 0 Å². The Hall–Kier alpha value is -2.63. The first-order chi connectivity index (χ1) is 10.5. The third-order valence-electron chi connectivity index (χ3n) is 2.80. The second kappa shape index (κ2) is 9.33. The van der Waals surface area contributed by atoms with Crippen LogP contribution in [0, 0.1) is 0 Å². The number of hydrogen-bond donors (Lipinski definition) is 2. The quantitative estimate of drug-likeness (QED) is 0.546. The average molecular weight is 304 g/mol. The number of primary amides is 1. The molecule has 0 aliphatic carbocycles. The Morgan fingerprint density at radius 1 is 1.27 bits per heavy atom. The molecule has 0 aromatic heterocycles. The zero-order chi connectivity index (χ0) is 16.4. The van der Waals surface area contributed by atoms with E-state index in [0.29, 0.717) is 0 Å². The maximum Gasteiger partial charge on any atom is 0.330 e. The van der Waals surface area contributed by atoms with Gasteiger partial charge in [0.05, 0.1) is 13.0 Å². The normalized spacial score (nSPS) is 11.9. The van der Waals surface area contributed by atoms with E-state index >= 15 is 0 Å². The number of rotatable bonds is 8. The summed E-state index contributed by atoms with van der Waals surface area (Å²) >= 11 is 0. The van der Waals surface area contributed by atoms with E-state index in [-0.39, 0.29) is 25.4 Å². The van der Waals surface area contributed by atoms with Gasteiger partial charge in [-0.25, -0.2) is 4.79 Å². The lowest BCUT2D eigenvalue weighted by molar-refractivity contribution is -0.137. The fourth-order valence-electron chi connectivity index (χ4n) is 1.76. The summed E-state index contributed by atoms with van der Waals surface area (Å²) in [4.78, 5) is 34.4. The molecule has 0 fully saturated rings. The summed E-state index contributed by atoms with van der Waals surface area (Å²) in [6.07, 6.45) is 2.96. The van der Waals surface area contributed by atoms with Crippen LogP contribution in [0.15, 0.2) is 42.5 Å². The number of ether oxygens (including phenoxy) is 1. The van der Waals surface area contributed by atoms with Crippen LogP contribution in [0.25, 0.3) is 0 Å². The van der Waals surface area contributed by atoms with E-state index in [1.165, 1.54) is 12.2 Å². The topological polar surface area (TPSA) is 98.5 Å². The van der Waals surface area contributed by atoms with Crippen molar-refractivity contribution in [1.82, 2.24) is 5.32 Å². The highest BCUT2D eigenvalue weighted by Crippen LogP contribution is 2.01. The van der Waals surface area contributed by atoms with Crippen molar-refractivity contribution in [3.8, 4) is 0 Å². The van der Waals surface area contributed by atoms with Crippen LogP contribution in [-0.4, -0.2) is 30.4 Å². The van der Waals surface area contributed by atoms with E-state index in [4.69, 9.17) is 10.5 Å². The predicted molar refractivity (Wildman–Crippen MR) is 81.7 cm³/mol. The van der Waals surface area contributed by atoms with E-state index in [9.17, 15) is 14.4 Å². The molecular formula is C16H20N2O4. The molecule has 0 spiro atoms. The van der Waals surface area contributed by atoms with E-state index in [1.807, 2.05) is 30.3 Å². The maximum absolute atomic E-state index is 11.9. The Morgan fingerprint density at radius 2 is 1.95 bits per heavy atom. The van der Waals surface area contributed by atoms with Crippen molar-refractivity contribution < 1.29 is 19.1 Å². The van der Waals surface area contributed by atoms with Crippen LogP contribution in [0.3, 0.4) is 0 Å². The molecule has 118 valence electrons. The van der Waals surface area contributed by atoms with Crippen molar-refractivity contribution >= 4 is 17.8 Å². The fraction of sp³-hybridized carbons (Fsp3) is 0.312. The third-order valence-corrected chi connectivity index (χ3v) is 2.80. The molecule has 22 heavy (non-hydrogen) atoms. The molecule has 2 amide bonds. The Kier molecular flexibility index (Phi) is 7.39. The van der Waals surface area contributed by atoms with Gasteiger partial charge in [-0.3, -0.25) is 9.59 Å². The highest BCUT2D eigenvalue weighted by molar-refractivity contribution is 5.88. The molecule has 1 atom stereocenters. The molecule has 6 heteroatoms. The first-order valence-corrected chi connectivity index (χ1v) is 6.98. The molecule has 0 saturated carbocycles. The van der Waals surface area contributed by atoms with Crippen molar-refractivity contribution in [2.45, 2.75) is 25.8 Å². The van der Waals surface area contributed by atoms with E-state index in [2.05, 4.69) is 5.32 Å². The number of nitrogens with two attached hydrogens (primary N) is 1. The summed E-state index contributed by atoms with van der Waals surface area (Å²) in [6, 6.07) is 8.29. The van der Waals surface area contributed by atoms with Gasteiger partial charge in [0, 0.05) is 6.08 Å². The Morgan fingerprint density at radius 3 is 2.55 bits per heavy atom. The van der Waals surface area contributed by atoms with Gasteiger partial charge in [-0.1, -0.05) is 36.4 Å². The molecule has 1 aromatic rings. The standard InChI is InChI=1S/C16H20N2O4/c1-2-22-15(20)10-6-9-13(16(17)21)18-14(19)11-12-7-4-3-5-8-12/h3-8,10,13H,2,9,11H2,1H3,(H2,17,21)(H,18,19)/b10-6+/t13-/m1/s1. The summed E-state index contributed by atoms with van der Waals surface area (Å²) in [5.41, 5.74) is 6.09.